The van der Waals surface area contributed by atoms with Crippen molar-refractivity contribution in [3.05, 3.63) is 63.1 Å². The van der Waals surface area contributed by atoms with E-state index in [0.717, 1.165) is 21.3 Å². The highest BCUT2D eigenvalue weighted by Crippen LogP contribution is 2.37. The third kappa shape index (κ3) is 3.00. The Labute approximate surface area is 125 Å². The van der Waals surface area contributed by atoms with E-state index in [4.69, 9.17) is 27.9 Å². The van der Waals surface area contributed by atoms with Gasteiger partial charge in [0.15, 0.2) is 0 Å². The van der Waals surface area contributed by atoms with Crippen molar-refractivity contribution in [1.29, 1.82) is 0 Å². The molecule has 1 atom stereocenters. The Morgan fingerprint density at radius 3 is 2.61 bits per heavy atom. The molecule has 0 saturated carbocycles. The van der Waals surface area contributed by atoms with E-state index in [-0.39, 0.29) is 5.38 Å². The standard InChI is InChI=1S/C14H11BrCl2O/c1-18-13-6-5-10(15)8-12(13)14(17)9-3-2-4-11(16)7-9/h2-8,14H,1H3. The molecule has 0 saturated heterocycles. The van der Waals surface area contributed by atoms with Gasteiger partial charge in [0.25, 0.3) is 0 Å². The molecule has 94 valence electrons. The number of benzene rings is 2. The first-order valence-electron chi connectivity index (χ1n) is 5.35. The van der Waals surface area contributed by atoms with Gasteiger partial charge in [0.05, 0.1) is 12.5 Å². The van der Waals surface area contributed by atoms with E-state index in [1.165, 1.54) is 0 Å². The second kappa shape index (κ2) is 5.96. The molecule has 0 aliphatic rings. The van der Waals surface area contributed by atoms with E-state index in [1.807, 2.05) is 42.5 Å². The fourth-order valence-corrected chi connectivity index (χ4v) is 2.63. The number of rotatable bonds is 3. The zero-order chi connectivity index (χ0) is 13.1. The SMILES string of the molecule is COc1ccc(Br)cc1C(Cl)c1cccc(Cl)c1. The van der Waals surface area contributed by atoms with Crippen LogP contribution in [-0.4, -0.2) is 7.11 Å². The van der Waals surface area contributed by atoms with Crippen LogP contribution in [0.5, 0.6) is 5.75 Å². The quantitative estimate of drug-likeness (QED) is 0.673. The largest absolute Gasteiger partial charge is 0.496 e. The van der Waals surface area contributed by atoms with Crippen molar-refractivity contribution in [2.24, 2.45) is 0 Å². The Morgan fingerprint density at radius 2 is 1.94 bits per heavy atom. The van der Waals surface area contributed by atoms with Crippen molar-refractivity contribution in [3.8, 4) is 5.75 Å². The number of halogens is 3. The van der Waals surface area contributed by atoms with Gasteiger partial charge in [-0.1, -0.05) is 39.7 Å². The molecule has 1 unspecified atom stereocenters. The van der Waals surface area contributed by atoms with Crippen LogP contribution < -0.4 is 4.74 Å². The van der Waals surface area contributed by atoms with Crippen molar-refractivity contribution in [2.45, 2.75) is 5.38 Å². The molecule has 0 bridgehead atoms. The summed E-state index contributed by atoms with van der Waals surface area (Å²) in [6.45, 7) is 0. The first kappa shape index (κ1) is 13.7. The maximum Gasteiger partial charge on any atom is 0.123 e. The molecule has 0 aliphatic heterocycles. The van der Waals surface area contributed by atoms with Gasteiger partial charge in [-0.05, 0) is 35.9 Å². The Morgan fingerprint density at radius 1 is 1.17 bits per heavy atom. The Balaban J connectivity index is 2.44. The summed E-state index contributed by atoms with van der Waals surface area (Å²) in [6, 6.07) is 13.3. The van der Waals surface area contributed by atoms with Gasteiger partial charge in [-0.25, -0.2) is 0 Å². The van der Waals surface area contributed by atoms with Crippen LogP contribution in [0.2, 0.25) is 5.02 Å². The van der Waals surface area contributed by atoms with Gasteiger partial charge in [-0.15, -0.1) is 11.6 Å². The van der Waals surface area contributed by atoms with Crippen molar-refractivity contribution in [1.82, 2.24) is 0 Å². The van der Waals surface area contributed by atoms with Crippen molar-refractivity contribution >= 4 is 39.1 Å². The molecule has 0 heterocycles. The van der Waals surface area contributed by atoms with Gasteiger partial charge in [0.2, 0.25) is 0 Å². The summed E-state index contributed by atoms with van der Waals surface area (Å²) in [4.78, 5) is 0. The minimum absolute atomic E-state index is 0.295. The summed E-state index contributed by atoms with van der Waals surface area (Å²) in [5.74, 6) is 0.762. The molecular formula is C14H11BrCl2O. The molecule has 0 radical (unpaired) electrons. The predicted molar refractivity (Wildman–Crippen MR) is 79.8 cm³/mol. The molecule has 0 fully saturated rings. The topological polar surface area (TPSA) is 9.23 Å². The lowest BCUT2D eigenvalue weighted by Crippen LogP contribution is -1.97. The smallest absolute Gasteiger partial charge is 0.123 e. The molecule has 1 nitrogen and oxygen atoms in total. The number of alkyl halides is 1. The van der Waals surface area contributed by atoms with Crippen LogP contribution in [-0.2, 0) is 0 Å². The van der Waals surface area contributed by atoms with Crippen LogP contribution in [0.3, 0.4) is 0 Å². The molecule has 2 aromatic rings. The monoisotopic (exact) mass is 344 g/mol. The van der Waals surface area contributed by atoms with Crippen LogP contribution in [0.15, 0.2) is 46.9 Å². The van der Waals surface area contributed by atoms with E-state index in [2.05, 4.69) is 15.9 Å². The summed E-state index contributed by atoms with van der Waals surface area (Å²) in [5.41, 5.74) is 1.86. The molecule has 2 rings (SSSR count). The highest BCUT2D eigenvalue weighted by atomic mass is 79.9. The summed E-state index contributed by atoms with van der Waals surface area (Å²) in [7, 11) is 1.63. The first-order chi connectivity index (χ1) is 8.61. The minimum Gasteiger partial charge on any atom is -0.496 e. The van der Waals surface area contributed by atoms with Gasteiger partial charge in [-0.2, -0.15) is 0 Å². The Hall–Kier alpha value is -0.700. The van der Waals surface area contributed by atoms with Crippen molar-refractivity contribution in [2.75, 3.05) is 7.11 Å². The van der Waals surface area contributed by atoms with Gasteiger partial charge < -0.3 is 4.74 Å². The summed E-state index contributed by atoms with van der Waals surface area (Å²) in [6.07, 6.45) is 0. The van der Waals surface area contributed by atoms with E-state index in [0.29, 0.717) is 5.02 Å². The maximum absolute atomic E-state index is 6.50. The lowest BCUT2D eigenvalue weighted by molar-refractivity contribution is 0.410. The number of hydrogen-bond donors (Lipinski definition) is 0. The fraction of sp³-hybridized carbons (Fsp3) is 0.143. The van der Waals surface area contributed by atoms with E-state index < -0.39 is 0 Å². The lowest BCUT2D eigenvalue weighted by atomic mass is 10.0. The number of methoxy groups -OCH3 is 1. The molecule has 0 amide bonds. The molecular weight excluding hydrogens is 335 g/mol. The summed E-state index contributed by atoms with van der Waals surface area (Å²) >= 11 is 15.9. The van der Waals surface area contributed by atoms with Crippen LogP contribution in [0.4, 0.5) is 0 Å². The zero-order valence-electron chi connectivity index (χ0n) is 9.66. The van der Waals surface area contributed by atoms with Crippen LogP contribution in [0.1, 0.15) is 16.5 Å². The number of ether oxygens (including phenoxy) is 1. The highest BCUT2D eigenvalue weighted by molar-refractivity contribution is 9.10. The van der Waals surface area contributed by atoms with Crippen LogP contribution in [0, 0.1) is 0 Å². The van der Waals surface area contributed by atoms with Gasteiger partial charge >= 0.3 is 0 Å². The van der Waals surface area contributed by atoms with Crippen LogP contribution in [0.25, 0.3) is 0 Å². The van der Waals surface area contributed by atoms with Gasteiger partial charge in [0, 0.05) is 15.1 Å². The average molecular weight is 346 g/mol. The molecule has 18 heavy (non-hydrogen) atoms. The molecule has 0 aliphatic carbocycles. The molecule has 2 aromatic carbocycles. The van der Waals surface area contributed by atoms with Crippen LogP contribution >= 0.6 is 39.1 Å². The summed E-state index contributed by atoms with van der Waals surface area (Å²) < 4.78 is 6.30. The van der Waals surface area contributed by atoms with E-state index in [1.54, 1.807) is 7.11 Å². The van der Waals surface area contributed by atoms with Gasteiger partial charge in [-0.3, -0.25) is 0 Å². The molecule has 0 spiro atoms. The van der Waals surface area contributed by atoms with E-state index in [9.17, 15) is 0 Å². The lowest BCUT2D eigenvalue weighted by Gasteiger charge is -2.15. The second-order valence-electron chi connectivity index (χ2n) is 3.80. The van der Waals surface area contributed by atoms with Gasteiger partial charge in [0.1, 0.15) is 5.75 Å². The average Bonchev–Trinajstić information content (AvgIpc) is 2.38. The van der Waals surface area contributed by atoms with Crippen molar-refractivity contribution < 1.29 is 4.74 Å². The van der Waals surface area contributed by atoms with E-state index >= 15 is 0 Å². The first-order valence-corrected chi connectivity index (χ1v) is 6.95. The molecule has 4 heteroatoms. The maximum atomic E-state index is 6.50. The highest BCUT2D eigenvalue weighted by Gasteiger charge is 2.16. The normalized spacial score (nSPS) is 12.2. The fourth-order valence-electron chi connectivity index (χ4n) is 1.75. The predicted octanol–water partition coefficient (Wildman–Crippen LogP) is 5.44. The molecule has 0 aromatic heterocycles. The second-order valence-corrected chi connectivity index (χ2v) is 5.59. The zero-order valence-corrected chi connectivity index (χ0v) is 12.8. The number of hydrogen-bond acceptors (Lipinski definition) is 1. The van der Waals surface area contributed by atoms with Crippen molar-refractivity contribution in [3.63, 3.8) is 0 Å². The minimum atomic E-state index is -0.295. The third-order valence-electron chi connectivity index (χ3n) is 2.61. The summed E-state index contributed by atoms with van der Waals surface area (Å²) in [5, 5.41) is 0.378. The molecule has 0 N–H and O–H groups in total. The Kier molecular flexibility index (Phi) is 4.55. The Bertz CT molecular complexity index is 557. The third-order valence-corrected chi connectivity index (χ3v) is 3.82.